The van der Waals surface area contributed by atoms with Crippen molar-refractivity contribution in [1.29, 1.82) is 0 Å². The number of ether oxygens (including phenoxy) is 2. The Morgan fingerprint density at radius 1 is 1.12 bits per heavy atom. The van der Waals surface area contributed by atoms with E-state index in [1.54, 1.807) is 24.3 Å². The van der Waals surface area contributed by atoms with Crippen LogP contribution in [-0.4, -0.2) is 35.6 Å². The second kappa shape index (κ2) is 7.81. The van der Waals surface area contributed by atoms with Gasteiger partial charge in [-0.15, -0.1) is 0 Å². The highest BCUT2D eigenvalue weighted by Gasteiger charge is 2.45. The molecule has 32 heavy (non-hydrogen) atoms. The number of ketones is 1. The molecule has 0 saturated carbocycles. The molecule has 1 aromatic carbocycles. The summed E-state index contributed by atoms with van der Waals surface area (Å²) in [4.78, 5) is 50.4. The van der Waals surface area contributed by atoms with Gasteiger partial charge in [-0.1, -0.05) is 26.0 Å². The fourth-order valence-corrected chi connectivity index (χ4v) is 4.40. The van der Waals surface area contributed by atoms with Gasteiger partial charge in [-0.3, -0.25) is 24.6 Å². The van der Waals surface area contributed by atoms with Crippen LogP contribution >= 0.6 is 0 Å². The maximum Gasteiger partial charge on any atom is 0.272 e. The number of allylic oxidation sites excluding steroid dienone is 2. The lowest BCUT2D eigenvalue weighted by atomic mass is 9.70. The summed E-state index contributed by atoms with van der Waals surface area (Å²) in [5.74, 6) is -1.82. The number of nitrogens with two attached hydrogens (primary N) is 1. The Balaban J connectivity index is 1.78. The van der Waals surface area contributed by atoms with Gasteiger partial charge < -0.3 is 15.2 Å². The molecule has 0 bridgehead atoms. The van der Waals surface area contributed by atoms with E-state index in [0.29, 0.717) is 40.5 Å². The third-order valence-electron chi connectivity index (χ3n) is 5.91. The van der Waals surface area contributed by atoms with Gasteiger partial charge in [0, 0.05) is 31.3 Å². The first-order valence-corrected chi connectivity index (χ1v) is 10.4. The van der Waals surface area contributed by atoms with Crippen molar-refractivity contribution in [3.63, 3.8) is 0 Å². The maximum absolute atomic E-state index is 13.2. The van der Waals surface area contributed by atoms with Crippen LogP contribution in [0.5, 0.6) is 5.75 Å². The number of Topliss-reactive ketones (excluding diaryl/α,β-unsaturated/α-hetero) is 1. The van der Waals surface area contributed by atoms with Crippen LogP contribution in [0.3, 0.4) is 0 Å². The third kappa shape index (κ3) is 3.74. The van der Waals surface area contributed by atoms with E-state index in [4.69, 9.17) is 15.2 Å². The average molecular weight is 439 g/mol. The molecule has 0 aromatic heterocycles. The minimum atomic E-state index is -0.805. The van der Waals surface area contributed by atoms with Crippen LogP contribution in [0.2, 0.25) is 0 Å². The molecule has 1 fully saturated rings. The zero-order chi connectivity index (χ0) is 23.2. The standard InChI is InChI=1S/C23H25N3O6/c1-23(2)10-14(27)19-15(11-23)32-21(24)20(18(19)12-4-6-13(31-3)7-5-12)22(30)25-26-16(28)8-9-17(26)29/h4-7,18H,8-11,24H2,1-3H3,(H,25,30). The topological polar surface area (TPSA) is 128 Å². The van der Waals surface area contributed by atoms with Gasteiger partial charge in [0.25, 0.3) is 5.91 Å². The number of carbonyl (C=O) groups excluding carboxylic acids is 4. The van der Waals surface area contributed by atoms with Crippen molar-refractivity contribution in [2.75, 3.05) is 7.11 Å². The van der Waals surface area contributed by atoms with E-state index in [1.165, 1.54) is 7.11 Å². The molecule has 9 heteroatoms. The summed E-state index contributed by atoms with van der Waals surface area (Å²) in [7, 11) is 1.54. The number of imide groups is 1. The van der Waals surface area contributed by atoms with E-state index in [9.17, 15) is 19.2 Å². The van der Waals surface area contributed by atoms with Crippen LogP contribution in [0.1, 0.15) is 51.0 Å². The molecule has 2 heterocycles. The number of hydrogen-bond acceptors (Lipinski definition) is 7. The largest absolute Gasteiger partial charge is 0.497 e. The molecule has 0 spiro atoms. The van der Waals surface area contributed by atoms with Gasteiger partial charge in [0.1, 0.15) is 11.5 Å². The second-order valence-electron chi connectivity index (χ2n) is 8.93. The van der Waals surface area contributed by atoms with Crippen molar-refractivity contribution < 1.29 is 28.7 Å². The predicted octanol–water partition coefficient (Wildman–Crippen LogP) is 1.80. The first kappa shape index (κ1) is 21.6. The molecule has 1 aliphatic carbocycles. The van der Waals surface area contributed by atoms with Crippen molar-refractivity contribution in [2.45, 2.75) is 45.4 Å². The number of methoxy groups -OCH3 is 1. The van der Waals surface area contributed by atoms with E-state index in [0.717, 1.165) is 0 Å². The molecule has 2 aliphatic heterocycles. The number of amides is 3. The lowest BCUT2D eigenvalue weighted by Crippen LogP contribution is -2.48. The van der Waals surface area contributed by atoms with Crippen LogP contribution in [0.4, 0.5) is 0 Å². The number of nitrogens with zero attached hydrogens (tertiary/aromatic N) is 1. The Kier molecular flexibility index (Phi) is 5.28. The minimum absolute atomic E-state index is 0.0190. The van der Waals surface area contributed by atoms with Crippen molar-refractivity contribution in [1.82, 2.24) is 10.4 Å². The van der Waals surface area contributed by atoms with Crippen molar-refractivity contribution >= 4 is 23.5 Å². The number of carbonyl (C=O) groups is 4. The molecule has 1 aromatic rings. The molecule has 1 atom stereocenters. The van der Waals surface area contributed by atoms with Gasteiger partial charge in [-0.2, -0.15) is 5.01 Å². The van der Waals surface area contributed by atoms with E-state index in [2.05, 4.69) is 5.43 Å². The summed E-state index contributed by atoms with van der Waals surface area (Å²) >= 11 is 0. The monoisotopic (exact) mass is 439 g/mol. The number of nitrogens with one attached hydrogen (secondary N) is 1. The van der Waals surface area contributed by atoms with Crippen LogP contribution in [0, 0.1) is 5.41 Å². The molecule has 3 N–H and O–H groups in total. The first-order chi connectivity index (χ1) is 15.1. The molecular formula is C23H25N3O6. The average Bonchev–Trinajstić information content (AvgIpc) is 3.03. The van der Waals surface area contributed by atoms with Crippen LogP contribution < -0.4 is 15.9 Å². The zero-order valence-corrected chi connectivity index (χ0v) is 18.2. The lowest BCUT2D eigenvalue weighted by molar-refractivity contribution is -0.147. The Hall–Kier alpha value is -3.62. The number of rotatable bonds is 4. The molecule has 0 radical (unpaired) electrons. The highest BCUT2D eigenvalue weighted by Crippen LogP contribution is 2.48. The Bertz CT molecular complexity index is 1070. The summed E-state index contributed by atoms with van der Waals surface area (Å²) in [5.41, 5.74) is 9.21. The molecule has 1 unspecified atom stereocenters. The van der Waals surface area contributed by atoms with E-state index in [1.807, 2.05) is 13.8 Å². The summed E-state index contributed by atoms with van der Waals surface area (Å²) in [6.45, 7) is 3.93. The van der Waals surface area contributed by atoms with Gasteiger partial charge in [0.2, 0.25) is 11.8 Å². The van der Waals surface area contributed by atoms with E-state index < -0.39 is 23.6 Å². The highest BCUT2D eigenvalue weighted by molar-refractivity contribution is 6.08. The lowest BCUT2D eigenvalue weighted by Gasteiger charge is -2.38. The van der Waals surface area contributed by atoms with Gasteiger partial charge in [-0.25, -0.2) is 0 Å². The van der Waals surface area contributed by atoms with Crippen molar-refractivity contribution in [3.8, 4) is 5.75 Å². The summed E-state index contributed by atoms with van der Waals surface area (Å²) in [5, 5.41) is 0.698. The molecule has 9 nitrogen and oxygen atoms in total. The van der Waals surface area contributed by atoms with Gasteiger partial charge in [0.05, 0.1) is 18.6 Å². The quantitative estimate of drug-likeness (QED) is 0.685. The van der Waals surface area contributed by atoms with Crippen molar-refractivity contribution in [3.05, 3.63) is 52.6 Å². The fraction of sp³-hybridized carbons (Fsp3) is 0.391. The summed E-state index contributed by atoms with van der Waals surface area (Å²) in [6, 6.07) is 6.95. The zero-order valence-electron chi connectivity index (χ0n) is 18.2. The van der Waals surface area contributed by atoms with E-state index >= 15 is 0 Å². The second-order valence-corrected chi connectivity index (χ2v) is 8.93. The minimum Gasteiger partial charge on any atom is -0.497 e. The van der Waals surface area contributed by atoms with Gasteiger partial charge in [-0.05, 0) is 23.1 Å². The third-order valence-corrected chi connectivity index (χ3v) is 5.91. The van der Waals surface area contributed by atoms with Gasteiger partial charge >= 0.3 is 0 Å². The number of hydrazine groups is 1. The number of benzene rings is 1. The smallest absolute Gasteiger partial charge is 0.272 e. The van der Waals surface area contributed by atoms with E-state index in [-0.39, 0.29) is 35.5 Å². The number of hydrogen-bond donors (Lipinski definition) is 2. The molecule has 1 saturated heterocycles. The molecule has 4 rings (SSSR count). The Morgan fingerprint density at radius 3 is 2.34 bits per heavy atom. The Labute approximate surface area is 185 Å². The van der Waals surface area contributed by atoms with Gasteiger partial charge in [0.15, 0.2) is 11.7 Å². The molecule has 3 amide bonds. The first-order valence-electron chi connectivity index (χ1n) is 10.4. The Morgan fingerprint density at radius 2 is 1.75 bits per heavy atom. The summed E-state index contributed by atoms with van der Waals surface area (Å²) < 4.78 is 11.0. The highest BCUT2D eigenvalue weighted by atomic mass is 16.5. The molecule has 168 valence electrons. The van der Waals surface area contributed by atoms with Crippen LogP contribution in [-0.2, 0) is 23.9 Å². The van der Waals surface area contributed by atoms with Crippen molar-refractivity contribution in [2.24, 2.45) is 11.1 Å². The maximum atomic E-state index is 13.2. The SMILES string of the molecule is COc1ccc(C2C(C(=O)NN3C(=O)CCC3=O)=C(N)OC3=C2C(=O)CC(C)(C)C3)cc1. The van der Waals surface area contributed by atoms with Crippen LogP contribution in [0.15, 0.2) is 47.1 Å². The van der Waals surface area contributed by atoms with Crippen LogP contribution in [0.25, 0.3) is 0 Å². The fourth-order valence-electron chi connectivity index (χ4n) is 4.40. The predicted molar refractivity (Wildman–Crippen MR) is 112 cm³/mol. The molecule has 3 aliphatic rings. The normalized spacial score (nSPS) is 22.7. The molecular weight excluding hydrogens is 414 g/mol. The summed E-state index contributed by atoms with van der Waals surface area (Å²) in [6.07, 6.45) is 0.822.